The highest BCUT2D eigenvalue weighted by atomic mass is 16.5. The minimum Gasteiger partial charge on any atom is -0.480 e. The van der Waals surface area contributed by atoms with Crippen LogP contribution in [-0.4, -0.2) is 35.6 Å². The molecule has 0 saturated carbocycles. The zero-order valence-electron chi connectivity index (χ0n) is 8.36. The normalized spacial score (nSPS) is 24.7. The molecule has 1 amide bonds. The predicted octanol–water partition coefficient (Wildman–Crippen LogP) is -0.471. The van der Waals surface area contributed by atoms with Crippen LogP contribution in [0.25, 0.3) is 0 Å². The van der Waals surface area contributed by atoms with Gasteiger partial charge in [-0.15, -0.1) is 0 Å². The van der Waals surface area contributed by atoms with Crippen molar-refractivity contribution < 1.29 is 24.2 Å². The Labute approximate surface area is 86.6 Å². The number of hydrogen-bond acceptors (Lipinski definition) is 4. The number of esters is 1. The molecule has 0 aliphatic carbocycles. The van der Waals surface area contributed by atoms with Gasteiger partial charge in [0.05, 0.1) is 13.0 Å². The number of rotatable bonds is 4. The van der Waals surface area contributed by atoms with Crippen LogP contribution in [0.4, 0.5) is 0 Å². The first kappa shape index (κ1) is 11.5. The molecule has 0 aromatic rings. The average Bonchev–Trinajstić information content (AvgIpc) is 2.47. The van der Waals surface area contributed by atoms with Crippen LogP contribution in [0.1, 0.15) is 19.8 Å². The molecule has 15 heavy (non-hydrogen) atoms. The smallest absolute Gasteiger partial charge is 0.326 e. The summed E-state index contributed by atoms with van der Waals surface area (Å²) in [5.74, 6) is -2.42. The first-order chi connectivity index (χ1) is 7.04. The molecule has 2 atom stereocenters. The fraction of sp³-hybridized carbons (Fsp3) is 0.667. The summed E-state index contributed by atoms with van der Waals surface area (Å²) in [5, 5.41) is 11.1. The third kappa shape index (κ3) is 2.93. The third-order valence-electron chi connectivity index (χ3n) is 2.24. The van der Waals surface area contributed by atoms with E-state index in [1.165, 1.54) is 0 Å². The van der Waals surface area contributed by atoms with Gasteiger partial charge in [0.2, 0.25) is 5.91 Å². The number of carboxylic acids is 1. The van der Waals surface area contributed by atoms with Gasteiger partial charge in [-0.2, -0.15) is 0 Å². The van der Waals surface area contributed by atoms with E-state index in [2.05, 4.69) is 5.32 Å². The molecule has 0 radical (unpaired) electrons. The van der Waals surface area contributed by atoms with Crippen molar-refractivity contribution in [3.63, 3.8) is 0 Å². The van der Waals surface area contributed by atoms with Crippen LogP contribution in [0.3, 0.4) is 0 Å². The molecular formula is C9H13NO5. The van der Waals surface area contributed by atoms with E-state index in [4.69, 9.17) is 9.84 Å². The van der Waals surface area contributed by atoms with Crippen LogP contribution in [0.15, 0.2) is 0 Å². The van der Waals surface area contributed by atoms with Gasteiger partial charge < -0.3 is 15.2 Å². The molecule has 0 spiro atoms. The second kappa shape index (κ2) is 4.77. The highest BCUT2D eigenvalue weighted by Gasteiger charge is 2.38. The zero-order chi connectivity index (χ0) is 11.4. The Morgan fingerprint density at radius 3 is 2.80 bits per heavy atom. The minimum absolute atomic E-state index is 0.0381. The van der Waals surface area contributed by atoms with Crippen molar-refractivity contribution in [3.05, 3.63) is 0 Å². The van der Waals surface area contributed by atoms with Crippen LogP contribution >= 0.6 is 0 Å². The lowest BCUT2D eigenvalue weighted by atomic mass is 9.97. The molecule has 84 valence electrons. The molecule has 6 heteroatoms. The third-order valence-corrected chi connectivity index (χ3v) is 2.24. The molecule has 0 aromatic carbocycles. The second-order valence-electron chi connectivity index (χ2n) is 3.36. The molecule has 0 bridgehead atoms. The Morgan fingerprint density at radius 1 is 1.60 bits per heavy atom. The van der Waals surface area contributed by atoms with Gasteiger partial charge in [0.15, 0.2) is 0 Å². The van der Waals surface area contributed by atoms with Gasteiger partial charge in [-0.25, -0.2) is 4.79 Å². The highest BCUT2D eigenvalue weighted by Crippen LogP contribution is 2.21. The van der Waals surface area contributed by atoms with Crippen LogP contribution in [0, 0.1) is 5.92 Å². The van der Waals surface area contributed by atoms with Crippen molar-refractivity contribution in [1.29, 1.82) is 0 Å². The SMILES string of the molecule is CCOC(=O)C[C@@H]1CC(=O)N[C@H]1C(=O)O. The summed E-state index contributed by atoms with van der Waals surface area (Å²) < 4.78 is 4.70. The maximum atomic E-state index is 11.1. The summed E-state index contributed by atoms with van der Waals surface area (Å²) >= 11 is 0. The van der Waals surface area contributed by atoms with Gasteiger partial charge in [-0.1, -0.05) is 0 Å². The largest absolute Gasteiger partial charge is 0.480 e. The van der Waals surface area contributed by atoms with E-state index in [1.807, 2.05) is 0 Å². The van der Waals surface area contributed by atoms with E-state index in [9.17, 15) is 14.4 Å². The summed E-state index contributed by atoms with van der Waals surface area (Å²) in [7, 11) is 0. The lowest BCUT2D eigenvalue weighted by Crippen LogP contribution is -2.37. The predicted molar refractivity (Wildman–Crippen MR) is 48.9 cm³/mol. The van der Waals surface area contributed by atoms with E-state index in [0.29, 0.717) is 0 Å². The van der Waals surface area contributed by atoms with Gasteiger partial charge in [-0.3, -0.25) is 9.59 Å². The lowest BCUT2D eigenvalue weighted by Gasteiger charge is -2.13. The second-order valence-corrected chi connectivity index (χ2v) is 3.36. The lowest BCUT2D eigenvalue weighted by molar-refractivity contribution is -0.145. The van der Waals surface area contributed by atoms with E-state index in [0.717, 1.165) is 0 Å². The Bertz CT molecular complexity index is 288. The van der Waals surface area contributed by atoms with Crippen molar-refractivity contribution in [3.8, 4) is 0 Å². The first-order valence-corrected chi connectivity index (χ1v) is 4.72. The number of carboxylic acid groups (broad SMARTS) is 1. The number of carbonyl (C=O) groups excluding carboxylic acids is 2. The van der Waals surface area contributed by atoms with Gasteiger partial charge in [0.1, 0.15) is 6.04 Å². The Morgan fingerprint density at radius 2 is 2.27 bits per heavy atom. The number of aliphatic carboxylic acids is 1. The Balaban J connectivity index is 2.56. The van der Waals surface area contributed by atoms with Crippen LogP contribution < -0.4 is 5.32 Å². The van der Waals surface area contributed by atoms with Crippen LogP contribution in [0.5, 0.6) is 0 Å². The van der Waals surface area contributed by atoms with Crippen LogP contribution in [-0.2, 0) is 19.1 Å². The van der Waals surface area contributed by atoms with Gasteiger partial charge >= 0.3 is 11.9 Å². The van der Waals surface area contributed by atoms with Crippen molar-refractivity contribution in [1.82, 2.24) is 5.32 Å². The number of amides is 1. The number of ether oxygens (including phenoxy) is 1. The van der Waals surface area contributed by atoms with E-state index in [1.54, 1.807) is 6.92 Å². The van der Waals surface area contributed by atoms with E-state index < -0.39 is 23.9 Å². The molecule has 1 aliphatic rings. The zero-order valence-corrected chi connectivity index (χ0v) is 8.36. The Kier molecular flexibility index (Phi) is 3.65. The molecule has 1 rings (SSSR count). The molecular weight excluding hydrogens is 202 g/mol. The molecule has 6 nitrogen and oxygen atoms in total. The van der Waals surface area contributed by atoms with Crippen molar-refractivity contribution in [2.45, 2.75) is 25.8 Å². The fourth-order valence-electron chi connectivity index (χ4n) is 1.59. The van der Waals surface area contributed by atoms with Crippen LogP contribution in [0.2, 0.25) is 0 Å². The maximum absolute atomic E-state index is 11.1. The first-order valence-electron chi connectivity index (χ1n) is 4.72. The Hall–Kier alpha value is -1.59. The van der Waals surface area contributed by atoms with Gasteiger partial charge in [0.25, 0.3) is 0 Å². The number of carbonyl (C=O) groups is 3. The quantitative estimate of drug-likeness (QED) is 0.618. The maximum Gasteiger partial charge on any atom is 0.326 e. The molecule has 1 aliphatic heterocycles. The van der Waals surface area contributed by atoms with Crippen molar-refractivity contribution in [2.24, 2.45) is 5.92 Å². The van der Waals surface area contributed by atoms with Gasteiger partial charge in [-0.05, 0) is 6.92 Å². The standard InChI is InChI=1S/C9H13NO5/c1-2-15-7(12)4-5-3-6(11)10-8(5)9(13)14/h5,8H,2-4H2,1H3,(H,10,11)(H,13,14)/t5-,8+/m0/s1. The molecule has 1 saturated heterocycles. The topological polar surface area (TPSA) is 92.7 Å². The minimum atomic E-state index is -1.12. The van der Waals surface area contributed by atoms with Crippen molar-refractivity contribution >= 4 is 17.8 Å². The van der Waals surface area contributed by atoms with E-state index in [-0.39, 0.29) is 25.4 Å². The number of nitrogens with one attached hydrogen (secondary N) is 1. The van der Waals surface area contributed by atoms with E-state index >= 15 is 0 Å². The summed E-state index contributed by atoms with van der Waals surface area (Å²) in [6, 6.07) is -0.970. The summed E-state index contributed by atoms with van der Waals surface area (Å²) in [6.07, 6.45) is 0.0271. The fourth-order valence-corrected chi connectivity index (χ4v) is 1.59. The summed E-state index contributed by atoms with van der Waals surface area (Å²) in [6.45, 7) is 1.93. The molecule has 1 fully saturated rings. The molecule has 0 aromatic heterocycles. The monoisotopic (exact) mass is 215 g/mol. The van der Waals surface area contributed by atoms with Crippen molar-refractivity contribution in [2.75, 3.05) is 6.61 Å². The number of hydrogen-bond donors (Lipinski definition) is 2. The average molecular weight is 215 g/mol. The molecule has 2 N–H and O–H groups in total. The molecule has 0 unspecified atom stereocenters. The summed E-state index contributed by atoms with van der Waals surface area (Å²) in [4.78, 5) is 32.8. The molecule has 1 heterocycles. The summed E-state index contributed by atoms with van der Waals surface area (Å²) in [5.41, 5.74) is 0. The van der Waals surface area contributed by atoms with Gasteiger partial charge in [0, 0.05) is 12.3 Å². The highest BCUT2D eigenvalue weighted by molar-refractivity contribution is 5.89.